The second kappa shape index (κ2) is 13.5. The van der Waals surface area contributed by atoms with Gasteiger partial charge in [-0.1, -0.05) is 54.0 Å². The number of carbonyl (C=O) groups is 1. The molecule has 3 heterocycles. The van der Waals surface area contributed by atoms with E-state index in [9.17, 15) is 9.18 Å². The summed E-state index contributed by atoms with van der Waals surface area (Å²) in [5.41, 5.74) is 2.38. The molecule has 0 bridgehead atoms. The van der Waals surface area contributed by atoms with E-state index in [4.69, 9.17) is 16.6 Å². The van der Waals surface area contributed by atoms with Gasteiger partial charge in [-0.2, -0.15) is 0 Å². The van der Waals surface area contributed by atoms with E-state index in [1.54, 1.807) is 12.1 Å². The molecule has 2 fully saturated rings. The number of rotatable bonds is 9. The second-order valence-electron chi connectivity index (χ2n) is 9.90. The predicted octanol–water partition coefficient (Wildman–Crippen LogP) is 5.10. The summed E-state index contributed by atoms with van der Waals surface area (Å²) < 4.78 is 14.2. The van der Waals surface area contributed by atoms with Crippen molar-refractivity contribution < 1.29 is 9.18 Å². The lowest BCUT2D eigenvalue weighted by Gasteiger charge is -2.36. The first-order chi connectivity index (χ1) is 19.0. The Bertz CT molecular complexity index is 1250. The maximum absolute atomic E-state index is 14.2. The van der Waals surface area contributed by atoms with E-state index in [1.165, 1.54) is 37.1 Å². The van der Waals surface area contributed by atoms with Crippen LogP contribution >= 0.6 is 23.4 Å². The number of halogens is 2. The van der Waals surface area contributed by atoms with Crippen LogP contribution in [-0.2, 0) is 5.75 Å². The van der Waals surface area contributed by atoms with Gasteiger partial charge in [0, 0.05) is 56.7 Å². The van der Waals surface area contributed by atoms with E-state index in [1.807, 2.05) is 36.4 Å². The largest absolute Gasteiger partial charge is 0.366 e. The number of nitrogens with zero attached hydrogens (tertiary/aromatic N) is 5. The number of hydrogen-bond donors (Lipinski definition) is 1. The third-order valence-electron chi connectivity index (χ3n) is 7.20. The fourth-order valence-corrected chi connectivity index (χ4v) is 6.05. The number of thioether (sulfide) groups is 1. The quantitative estimate of drug-likeness (QED) is 0.219. The molecule has 2 aliphatic rings. The highest BCUT2D eigenvalue weighted by Gasteiger charge is 2.21. The molecule has 0 saturated carbocycles. The summed E-state index contributed by atoms with van der Waals surface area (Å²) in [6.45, 7) is 6.66. The Morgan fingerprint density at radius 1 is 0.923 bits per heavy atom. The summed E-state index contributed by atoms with van der Waals surface area (Å²) in [7, 11) is 0. The molecule has 7 nitrogen and oxygen atoms in total. The van der Waals surface area contributed by atoms with Crippen LogP contribution in [0.15, 0.2) is 59.8 Å². The molecule has 5 rings (SSSR count). The molecule has 1 aromatic heterocycles. The van der Waals surface area contributed by atoms with Crippen molar-refractivity contribution in [1.29, 1.82) is 0 Å². The Labute approximate surface area is 238 Å². The van der Waals surface area contributed by atoms with Crippen LogP contribution < -0.4 is 15.1 Å². The lowest BCUT2D eigenvalue weighted by Crippen LogP contribution is -2.47. The summed E-state index contributed by atoms with van der Waals surface area (Å²) in [5.74, 6) is 1.21. The Kier molecular flexibility index (Phi) is 9.55. The lowest BCUT2D eigenvalue weighted by atomic mass is 10.1. The van der Waals surface area contributed by atoms with Crippen molar-refractivity contribution in [2.24, 2.45) is 0 Å². The van der Waals surface area contributed by atoms with Crippen molar-refractivity contribution in [3.63, 3.8) is 0 Å². The number of likely N-dealkylation sites (tertiary alicyclic amines) is 1. The molecular formula is C29H34ClFN6OS. The Morgan fingerprint density at radius 2 is 1.64 bits per heavy atom. The number of aromatic nitrogens is 2. The highest BCUT2D eigenvalue weighted by Crippen LogP contribution is 2.27. The topological polar surface area (TPSA) is 64.6 Å². The van der Waals surface area contributed by atoms with Crippen LogP contribution in [0, 0.1) is 5.82 Å². The van der Waals surface area contributed by atoms with Gasteiger partial charge in [-0.05, 0) is 55.8 Å². The molecule has 1 N–H and O–H groups in total. The van der Waals surface area contributed by atoms with E-state index in [0.29, 0.717) is 60.0 Å². The number of hydrogen-bond acceptors (Lipinski definition) is 7. The molecule has 0 aliphatic carbocycles. The zero-order valence-corrected chi connectivity index (χ0v) is 23.6. The standard InChI is InChI=1S/C29H34ClFN6OS/c30-26-20-27(37-18-16-36(17-19-37)25-7-3-2-6-24(25)31)34-29(33-26)39-21-22-8-10-23(11-9-22)28(38)32-12-15-35-13-4-1-5-14-35/h2-3,6-11,20H,1,4-5,12-19,21H2,(H,32,38). The maximum atomic E-state index is 14.2. The Hall–Kier alpha value is -2.88. The summed E-state index contributed by atoms with van der Waals surface area (Å²) in [5, 5.41) is 4.04. The fraction of sp³-hybridized carbons (Fsp3) is 0.414. The maximum Gasteiger partial charge on any atom is 0.251 e. The van der Waals surface area contributed by atoms with Gasteiger partial charge in [0.15, 0.2) is 5.16 Å². The first-order valence-electron chi connectivity index (χ1n) is 13.6. The molecular weight excluding hydrogens is 535 g/mol. The zero-order valence-electron chi connectivity index (χ0n) is 22.0. The summed E-state index contributed by atoms with van der Waals surface area (Å²) >= 11 is 7.85. The number of amides is 1. The summed E-state index contributed by atoms with van der Waals surface area (Å²) in [4.78, 5) is 28.3. The van der Waals surface area contributed by atoms with Gasteiger partial charge < -0.3 is 20.0 Å². The highest BCUT2D eigenvalue weighted by atomic mass is 35.5. The first-order valence-corrected chi connectivity index (χ1v) is 14.9. The number of nitrogens with one attached hydrogen (secondary N) is 1. The van der Waals surface area contributed by atoms with Crippen molar-refractivity contribution in [3.8, 4) is 0 Å². The molecule has 1 amide bonds. The third-order valence-corrected chi connectivity index (χ3v) is 8.32. The molecule has 206 valence electrons. The smallest absolute Gasteiger partial charge is 0.251 e. The SMILES string of the molecule is O=C(NCCN1CCCCC1)c1ccc(CSc2nc(Cl)cc(N3CCN(c4ccccc4F)CC3)n2)cc1. The van der Waals surface area contributed by atoms with E-state index in [-0.39, 0.29) is 11.7 Å². The molecule has 0 spiro atoms. The first kappa shape index (κ1) is 27.7. The molecule has 3 aromatic rings. The number of anilines is 2. The van der Waals surface area contributed by atoms with E-state index >= 15 is 0 Å². The van der Waals surface area contributed by atoms with Gasteiger partial charge in [0.25, 0.3) is 5.91 Å². The van der Waals surface area contributed by atoms with Crippen molar-refractivity contribution in [1.82, 2.24) is 20.2 Å². The Balaban J connectivity index is 1.11. The van der Waals surface area contributed by atoms with Crippen LogP contribution in [0.25, 0.3) is 0 Å². The minimum absolute atomic E-state index is 0.0378. The summed E-state index contributed by atoms with van der Waals surface area (Å²) in [6.07, 6.45) is 3.82. The average molecular weight is 569 g/mol. The summed E-state index contributed by atoms with van der Waals surface area (Å²) in [6, 6.07) is 16.3. The fourth-order valence-electron chi connectivity index (χ4n) is 5.01. The minimum atomic E-state index is -0.198. The van der Waals surface area contributed by atoms with Gasteiger partial charge in [-0.15, -0.1) is 0 Å². The van der Waals surface area contributed by atoms with Gasteiger partial charge in [-0.25, -0.2) is 14.4 Å². The van der Waals surface area contributed by atoms with Crippen LogP contribution in [0.3, 0.4) is 0 Å². The van der Waals surface area contributed by atoms with Crippen LogP contribution in [0.2, 0.25) is 5.15 Å². The lowest BCUT2D eigenvalue weighted by molar-refractivity contribution is 0.0946. The van der Waals surface area contributed by atoms with Crippen LogP contribution in [0.1, 0.15) is 35.2 Å². The van der Waals surface area contributed by atoms with Crippen LogP contribution in [-0.4, -0.2) is 73.1 Å². The number of benzene rings is 2. The number of carbonyl (C=O) groups excluding carboxylic acids is 1. The van der Waals surface area contributed by atoms with Gasteiger partial charge in [0.1, 0.15) is 16.8 Å². The van der Waals surface area contributed by atoms with Crippen molar-refractivity contribution in [3.05, 3.63) is 76.7 Å². The molecule has 0 atom stereocenters. The van der Waals surface area contributed by atoms with Gasteiger partial charge in [0.2, 0.25) is 0 Å². The number of piperazine rings is 1. The van der Waals surface area contributed by atoms with E-state index < -0.39 is 0 Å². The number of para-hydroxylation sites is 1. The molecule has 2 saturated heterocycles. The Morgan fingerprint density at radius 3 is 2.38 bits per heavy atom. The van der Waals surface area contributed by atoms with E-state index in [2.05, 4.69) is 25.0 Å². The third kappa shape index (κ3) is 7.62. The van der Waals surface area contributed by atoms with Crippen molar-refractivity contribution in [2.75, 3.05) is 62.2 Å². The normalized spacial score (nSPS) is 16.4. The van der Waals surface area contributed by atoms with Crippen molar-refractivity contribution >= 4 is 40.8 Å². The van der Waals surface area contributed by atoms with Gasteiger partial charge >= 0.3 is 0 Å². The molecule has 0 unspecified atom stereocenters. The molecule has 39 heavy (non-hydrogen) atoms. The van der Waals surface area contributed by atoms with E-state index in [0.717, 1.165) is 31.0 Å². The van der Waals surface area contributed by atoms with Gasteiger partial charge in [-0.3, -0.25) is 4.79 Å². The van der Waals surface area contributed by atoms with Gasteiger partial charge in [0.05, 0.1) is 5.69 Å². The zero-order chi connectivity index (χ0) is 27.0. The molecule has 2 aliphatic heterocycles. The number of piperidine rings is 1. The highest BCUT2D eigenvalue weighted by molar-refractivity contribution is 7.98. The minimum Gasteiger partial charge on any atom is -0.366 e. The molecule has 0 radical (unpaired) electrons. The van der Waals surface area contributed by atoms with Crippen LogP contribution in [0.5, 0.6) is 0 Å². The average Bonchev–Trinajstić information content (AvgIpc) is 2.97. The monoisotopic (exact) mass is 568 g/mol. The molecule has 2 aromatic carbocycles. The van der Waals surface area contributed by atoms with Crippen LogP contribution in [0.4, 0.5) is 15.9 Å². The molecule has 10 heteroatoms. The van der Waals surface area contributed by atoms with Crippen molar-refractivity contribution in [2.45, 2.75) is 30.2 Å². The predicted molar refractivity (Wildman–Crippen MR) is 156 cm³/mol. The second-order valence-corrected chi connectivity index (χ2v) is 11.2.